The number of rotatable bonds is 5. The Kier molecular flexibility index (Phi) is 5.16. The van der Waals surface area contributed by atoms with Crippen molar-refractivity contribution in [1.29, 1.82) is 0 Å². The van der Waals surface area contributed by atoms with Crippen LogP contribution in [-0.4, -0.2) is 24.1 Å². The van der Waals surface area contributed by atoms with Crippen molar-refractivity contribution in [2.24, 2.45) is 0 Å². The summed E-state index contributed by atoms with van der Waals surface area (Å²) in [4.78, 5) is 17.3. The molecule has 0 N–H and O–H groups in total. The SMILES string of the molecule is Cc1cccc2nc(CSc3nnc(-c4ccco4)n3C3CCCCC3)cc(=O)n12. The topological polar surface area (TPSA) is 78.2 Å². The minimum absolute atomic E-state index is 0.0567. The molecule has 0 aliphatic heterocycles. The Hall–Kier alpha value is -2.87. The maximum atomic E-state index is 12.6. The second-order valence-electron chi connectivity index (χ2n) is 7.68. The van der Waals surface area contributed by atoms with Gasteiger partial charge in [0.15, 0.2) is 10.9 Å². The Balaban J connectivity index is 1.46. The summed E-state index contributed by atoms with van der Waals surface area (Å²) in [5, 5.41) is 9.75. The Labute approximate surface area is 178 Å². The van der Waals surface area contributed by atoms with Crippen LogP contribution in [0.15, 0.2) is 57.0 Å². The van der Waals surface area contributed by atoms with Crippen molar-refractivity contribution in [2.75, 3.05) is 0 Å². The standard InChI is InChI=1S/C22H23N5O2S/c1-15-7-5-11-19-23-16(13-20(28)26(15)19)14-30-22-25-24-21(18-10-6-12-29-18)27(22)17-8-3-2-4-9-17/h5-7,10-13,17H,2-4,8-9,14H2,1H3. The summed E-state index contributed by atoms with van der Waals surface area (Å²) < 4.78 is 9.47. The van der Waals surface area contributed by atoms with Gasteiger partial charge in [-0.2, -0.15) is 0 Å². The predicted octanol–water partition coefficient (Wildman–Crippen LogP) is 4.65. The molecule has 0 atom stereocenters. The lowest BCUT2D eigenvalue weighted by atomic mass is 9.95. The van der Waals surface area contributed by atoms with Crippen molar-refractivity contribution in [3.05, 3.63) is 64.4 Å². The molecular formula is C22H23N5O2S. The molecule has 8 heteroatoms. The monoisotopic (exact) mass is 421 g/mol. The fourth-order valence-electron chi connectivity index (χ4n) is 4.19. The second kappa shape index (κ2) is 8.10. The molecular weight excluding hydrogens is 398 g/mol. The molecule has 4 aromatic rings. The average molecular weight is 422 g/mol. The van der Waals surface area contributed by atoms with Crippen molar-refractivity contribution < 1.29 is 4.42 Å². The molecule has 30 heavy (non-hydrogen) atoms. The summed E-state index contributed by atoms with van der Waals surface area (Å²) in [6.45, 7) is 1.91. The third-order valence-electron chi connectivity index (χ3n) is 5.63. The van der Waals surface area contributed by atoms with Gasteiger partial charge in [0.1, 0.15) is 5.65 Å². The largest absolute Gasteiger partial charge is 0.461 e. The van der Waals surface area contributed by atoms with E-state index in [0.717, 1.165) is 41.0 Å². The molecule has 5 rings (SSSR count). The molecule has 4 heterocycles. The van der Waals surface area contributed by atoms with E-state index in [1.54, 1.807) is 28.5 Å². The number of nitrogens with zero attached hydrogens (tertiary/aromatic N) is 5. The molecule has 154 valence electrons. The lowest BCUT2D eigenvalue weighted by Gasteiger charge is -2.25. The van der Waals surface area contributed by atoms with Gasteiger partial charge in [-0.15, -0.1) is 10.2 Å². The molecule has 0 amide bonds. The summed E-state index contributed by atoms with van der Waals surface area (Å²) in [5.74, 6) is 2.07. The summed E-state index contributed by atoms with van der Waals surface area (Å²) in [6.07, 6.45) is 7.61. The number of furan rings is 1. The van der Waals surface area contributed by atoms with E-state index >= 15 is 0 Å². The number of thioether (sulfide) groups is 1. The van der Waals surface area contributed by atoms with Gasteiger partial charge < -0.3 is 4.42 Å². The van der Waals surface area contributed by atoms with Crippen LogP contribution in [0.5, 0.6) is 0 Å². The normalized spacial score (nSPS) is 15.1. The van der Waals surface area contributed by atoms with Crippen molar-refractivity contribution in [1.82, 2.24) is 24.1 Å². The number of hydrogen-bond acceptors (Lipinski definition) is 6. The van der Waals surface area contributed by atoms with Crippen molar-refractivity contribution >= 4 is 17.4 Å². The number of pyridine rings is 1. The first-order valence-corrected chi connectivity index (χ1v) is 11.3. The van der Waals surface area contributed by atoms with Crippen LogP contribution in [0.4, 0.5) is 0 Å². The minimum Gasteiger partial charge on any atom is -0.461 e. The first kappa shape index (κ1) is 19.1. The molecule has 0 spiro atoms. The minimum atomic E-state index is -0.0567. The second-order valence-corrected chi connectivity index (χ2v) is 8.62. The first-order valence-electron chi connectivity index (χ1n) is 10.3. The van der Waals surface area contributed by atoms with E-state index in [-0.39, 0.29) is 5.56 Å². The van der Waals surface area contributed by atoms with Gasteiger partial charge in [-0.05, 0) is 44.0 Å². The maximum Gasteiger partial charge on any atom is 0.258 e. The quantitative estimate of drug-likeness (QED) is 0.437. The van der Waals surface area contributed by atoms with Crippen LogP contribution in [0.2, 0.25) is 0 Å². The lowest BCUT2D eigenvalue weighted by molar-refractivity contribution is 0.337. The van der Waals surface area contributed by atoms with E-state index < -0.39 is 0 Å². The molecule has 1 aliphatic rings. The third-order valence-corrected chi connectivity index (χ3v) is 6.60. The Morgan fingerprint density at radius 2 is 2.00 bits per heavy atom. The van der Waals surface area contributed by atoms with Crippen LogP contribution in [0.1, 0.15) is 49.5 Å². The van der Waals surface area contributed by atoms with Gasteiger partial charge in [0.2, 0.25) is 5.82 Å². The van der Waals surface area contributed by atoms with Gasteiger partial charge in [0, 0.05) is 23.6 Å². The smallest absolute Gasteiger partial charge is 0.258 e. The zero-order chi connectivity index (χ0) is 20.5. The molecule has 1 fully saturated rings. The van der Waals surface area contributed by atoms with Crippen LogP contribution in [-0.2, 0) is 5.75 Å². The summed E-state index contributed by atoms with van der Waals surface area (Å²) in [7, 11) is 0. The number of fused-ring (bicyclic) bond motifs is 1. The molecule has 0 radical (unpaired) electrons. The highest BCUT2D eigenvalue weighted by atomic mass is 32.2. The molecule has 0 unspecified atom stereocenters. The molecule has 0 bridgehead atoms. The molecule has 1 saturated carbocycles. The van der Waals surface area contributed by atoms with Crippen LogP contribution in [0.3, 0.4) is 0 Å². The van der Waals surface area contributed by atoms with Crippen molar-refractivity contribution in [3.8, 4) is 11.6 Å². The molecule has 0 aromatic carbocycles. The summed E-state index contributed by atoms with van der Waals surface area (Å²) >= 11 is 1.57. The first-order chi connectivity index (χ1) is 14.7. The zero-order valence-corrected chi connectivity index (χ0v) is 17.6. The zero-order valence-electron chi connectivity index (χ0n) is 16.8. The Bertz CT molecular complexity index is 1220. The Morgan fingerprint density at radius 1 is 1.13 bits per heavy atom. The molecule has 0 saturated heterocycles. The van der Waals surface area contributed by atoms with Crippen LogP contribution in [0.25, 0.3) is 17.2 Å². The van der Waals surface area contributed by atoms with E-state index in [1.807, 2.05) is 37.3 Å². The number of hydrogen-bond donors (Lipinski definition) is 0. The van der Waals surface area contributed by atoms with Crippen LogP contribution >= 0.6 is 11.8 Å². The number of aryl methyl sites for hydroxylation is 1. The fraction of sp³-hybridized carbons (Fsp3) is 0.364. The van der Waals surface area contributed by atoms with Gasteiger partial charge in [-0.1, -0.05) is 37.1 Å². The molecule has 7 nitrogen and oxygen atoms in total. The summed E-state index contributed by atoms with van der Waals surface area (Å²) in [6, 6.07) is 11.5. The van der Waals surface area contributed by atoms with Crippen LogP contribution in [0, 0.1) is 6.92 Å². The molecule has 1 aliphatic carbocycles. The summed E-state index contributed by atoms with van der Waals surface area (Å²) in [5.41, 5.74) is 2.24. The third kappa shape index (κ3) is 3.56. The fourth-order valence-corrected chi connectivity index (χ4v) is 5.09. The lowest BCUT2D eigenvalue weighted by Crippen LogP contribution is -2.17. The van der Waals surface area contributed by atoms with Crippen molar-refractivity contribution in [2.45, 2.75) is 56.0 Å². The van der Waals surface area contributed by atoms with E-state index in [4.69, 9.17) is 4.42 Å². The Morgan fingerprint density at radius 3 is 2.80 bits per heavy atom. The van der Waals surface area contributed by atoms with Gasteiger partial charge in [0.25, 0.3) is 5.56 Å². The van der Waals surface area contributed by atoms with Gasteiger partial charge in [0.05, 0.1) is 12.0 Å². The van der Waals surface area contributed by atoms with E-state index in [1.165, 1.54) is 19.3 Å². The number of aromatic nitrogens is 5. The highest BCUT2D eigenvalue weighted by molar-refractivity contribution is 7.98. The van der Waals surface area contributed by atoms with E-state index in [9.17, 15) is 4.79 Å². The van der Waals surface area contributed by atoms with Gasteiger partial charge >= 0.3 is 0 Å². The highest BCUT2D eigenvalue weighted by Gasteiger charge is 2.25. The van der Waals surface area contributed by atoms with Crippen LogP contribution < -0.4 is 5.56 Å². The van der Waals surface area contributed by atoms with Gasteiger partial charge in [-0.3, -0.25) is 13.8 Å². The average Bonchev–Trinajstić information content (AvgIpc) is 3.42. The predicted molar refractivity (Wildman–Crippen MR) is 116 cm³/mol. The molecule has 4 aromatic heterocycles. The van der Waals surface area contributed by atoms with E-state index in [0.29, 0.717) is 17.4 Å². The van der Waals surface area contributed by atoms with Crippen molar-refractivity contribution in [3.63, 3.8) is 0 Å². The maximum absolute atomic E-state index is 12.6. The highest BCUT2D eigenvalue weighted by Crippen LogP contribution is 2.36. The van der Waals surface area contributed by atoms with E-state index in [2.05, 4.69) is 19.7 Å². The van der Waals surface area contributed by atoms with Gasteiger partial charge in [-0.25, -0.2) is 4.98 Å².